The second-order valence-electron chi connectivity index (χ2n) is 25.0. The van der Waals surface area contributed by atoms with Crippen LogP contribution < -0.4 is 21.3 Å². The van der Waals surface area contributed by atoms with Crippen molar-refractivity contribution >= 4 is 23.9 Å². The molecular formula is C60H94N4O8. The van der Waals surface area contributed by atoms with Crippen LogP contribution in [0.5, 0.6) is 0 Å². The van der Waals surface area contributed by atoms with Gasteiger partial charge in [0.2, 0.25) is 0 Å². The van der Waals surface area contributed by atoms with E-state index in [1.165, 1.54) is 0 Å². The van der Waals surface area contributed by atoms with Gasteiger partial charge in [-0.3, -0.25) is 0 Å². The van der Waals surface area contributed by atoms with Gasteiger partial charge in [0, 0.05) is 99.7 Å². The van der Waals surface area contributed by atoms with Crippen LogP contribution in [0.1, 0.15) is 204 Å². The summed E-state index contributed by atoms with van der Waals surface area (Å²) in [5.74, 6) is 0.337. The van der Waals surface area contributed by atoms with Crippen LogP contribution >= 0.6 is 0 Å². The molecule has 2 aromatic carbocycles. The number of rotatable bonds is 17. The number of nitrogens with one attached hydrogen (secondary N) is 4. The van der Waals surface area contributed by atoms with Crippen LogP contribution in [-0.4, -0.2) is 96.6 Å². The number of esters is 4. The lowest BCUT2D eigenvalue weighted by molar-refractivity contribution is 0.00182. The Morgan fingerprint density at radius 1 is 0.319 bits per heavy atom. The lowest BCUT2D eigenvalue weighted by Crippen LogP contribution is -2.52. The Labute approximate surface area is 433 Å². The van der Waals surface area contributed by atoms with E-state index < -0.39 is 23.9 Å². The topological polar surface area (TPSA) is 153 Å². The molecule has 4 heterocycles. The van der Waals surface area contributed by atoms with Crippen LogP contribution in [0.3, 0.4) is 0 Å². The zero-order chi connectivity index (χ0) is 52.9. The summed E-state index contributed by atoms with van der Waals surface area (Å²) in [6.07, 6.45) is 3.87. The van der Waals surface area contributed by atoms with Crippen molar-refractivity contribution in [2.24, 2.45) is 47.3 Å². The van der Waals surface area contributed by atoms with E-state index in [4.69, 9.17) is 18.9 Å². The molecule has 6 rings (SSSR count). The molecular weight excluding hydrogens is 905 g/mol. The fraction of sp³-hybridized carbons (Fsp3) is 0.733. The van der Waals surface area contributed by atoms with Gasteiger partial charge in [-0.15, -0.1) is 0 Å². The van der Waals surface area contributed by atoms with Gasteiger partial charge in [0.05, 0.1) is 22.3 Å². The van der Waals surface area contributed by atoms with Gasteiger partial charge in [-0.05, 0) is 82.7 Å². The summed E-state index contributed by atoms with van der Waals surface area (Å²) >= 11 is 0. The molecule has 2 aromatic rings. The Morgan fingerprint density at radius 3 is 0.681 bits per heavy atom. The van der Waals surface area contributed by atoms with E-state index >= 15 is 0 Å². The Bertz CT molecular complexity index is 1940. The fourth-order valence-electron chi connectivity index (χ4n) is 11.4. The summed E-state index contributed by atoms with van der Waals surface area (Å²) in [7, 11) is 0. The third-order valence-electron chi connectivity index (χ3n) is 16.6. The molecule has 0 spiro atoms. The summed E-state index contributed by atoms with van der Waals surface area (Å²) in [5, 5.41) is 15.1. The number of piperidine rings is 4. The number of ether oxygens (including phenoxy) is 4. The number of carbonyl (C=O) groups is 4. The molecule has 4 fully saturated rings. The molecule has 4 N–H and O–H groups in total. The average molecular weight is 999 g/mol. The average Bonchev–Trinajstić information content (AvgIpc) is 3.32. The third kappa shape index (κ3) is 14.7. The van der Waals surface area contributed by atoms with Gasteiger partial charge in [0.25, 0.3) is 0 Å². The van der Waals surface area contributed by atoms with E-state index in [0.29, 0.717) is 110 Å². The molecule has 402 valence electrons. The van der Waals surface area contributed by atoms with E-state index in [1.807, 2.05) is 0 Å². The first-order valence-corrected chi connectivity index (χ1v) is 28.0. The number of carbonyl (C=O) groups excluding carboxylic acids is 4. The van der Waals surface area contributed by atoms with Crippen LogP contribution in [-0.2, 0) is 18.9 Å². The Morgan fingerprint density at radius 2 is 0.500 bits per heavy atom. The van der Waals surface area contributed by atoms with E-state index in [0.717, 1.165) is 0 Å². The largest absolute Gasteiger partial charge is 0.459 e. The van der Waals surface area contributed by atoms with Gasteiger partial charge in [0.15, 0.2) is 0 Å². The standard InChI is InChI=1S/C60H94N4O8/c1-31(2)49-23-41(24-50(61-49)32(3)4)69-57(65)45-19-17-39(21-47(45)59(67)71-43-27-53(35(9)10)63-54(28-43)36(11)12)40-18-20-46(58(66)70-42-25-51(33(5)6)62-52(26-42)34(7)8)48(22-40)60(68)72-44-29-55(37(13)14)64-56(30-44)38(15)16/h17-22,31-38,41-44,49-56,61-64H,23-30H2,1-16H3. The van der Waals surface area contributed by atoms with E-state index in [-0.39, 0.29) is 95.0 Å². The number of benzene rings is 2. The minimum Gasteiger partial charge on any atom is -0.459 e. The van der Waals surface area contributed by atoms with Crippen molar-refractivity contribution < 1.29 is 38.1 Å². The molecule has 8 atom stereocenters. The van der Waals surface area contributed by atoms with Crippen molar-refractivity contribution in [3.63, 3.8) is 0 Å². The molecule has 4 saturated heterocycles. The predicted octanol–water partition coefficient (Wildman–Crippen LogP) is 11.2. The van der Waals surface area contributed by atoms with Crippen LogP contribution in [0.15, 0.2) is 36.4 Å². The van der Waals surface area contributed by atoms with Crippen molar-refractivity contribution in [2.45, 2.75) is 235 Å². The highest BCUT2D eigenvalue weighted by Crippen LogP contribution is 2.34. The fourth-order valence-corrected chi connectivity index (χ4v) is 11.4. The van der Waals surface area contributed by atoms with E-state index in [2.05, 4.69) is 132 Å². The zero-order valence-electron chi connectivity index (χ0n) is 46.9. The highest BCUT2D eigenvalue weighted by molar-refractivity contribution is 6.06. The lowest BCUT2D eigenvalue weighted by Gasteiger charge is -2.40. The van der Waals surface area contributed by atoms with Crippen molar-refractivity contribution in [1.29, 1.82) is 0 Å². The van der Waals surface area contributed by atoms with E-state index in [9.17, 15) is 19.2 Å². The molecule has 0 bridgehead atoms. The van der Waals surface area contributed by atoms with Gasteiger partial charge in [-0.25, -0.2) is 19.2 Å². The molecule has 72 heavy (non-hydrogen) atoms. The minimum atomic E-state index is -0.599. The highest BCUT2D eigenvalue weighted by Gasteiger charge is 2.39. The third-order valence-corrected chi connectivity index (χ3v) is 16.6. The minimum absolute atomic E-state index is 0.0973. The first-order valence-electron chi connectivity index (χ1n) is 28.0. The van der Waals surface area contributed by atoms with Crippen molar-refractivity contribution in [2.75, 3.05) is 0 Å². The van der Waals surface area contributed by atoms with E-state index in [1.54, 1.807) is 36.4 Å². The van der Waals surface area contributed by atoms with Crippen molar-refractivity contribution in [3.8, 4) is 11.1 Å². The lowest BCUT2D eigenvalue weighted by atomic mass is 9.85. The molecule has 0 radical (unpaired) electrons. The van der Waals surface area contributed by atoms with Gasteiger partial charge in [-0.2, -0.15) is 0 Å². The molecule has 4 aliphatic heterocycles. The highest BCUT2D eigenvalue weighted by atomic mass is 16.6. The quantitative estimate of drug-likeness (QED) is 0.0881. The van der Waals surface area contributed by atoms with Crippen LogP contribution in [0, 0.1) is 47.3 Å². The number of hydrogen-bond acceptors (Lipinski definition) is 12. The maximum absolute atomic E-state index is 14.8. The molecule has 8 unspecified atom stereocenters. The maximum Gasteiger partial charge on any atom is 0.339 e. The predicted molar refractivity (Wildman–Crippen MR) is 287 cm³/mol. The molecule has 0 saturated carbocycles. The summed E-state index contributed by atoms with van der Waals surface area (Å²) < 4.78 is 25.6. The molecule has 12 heteroatoms. The van der Waals surface area contributed by atoms with Gasteiger partial charge < -0.3 is 40.2 Å². The van der Waals surface area contributed by atoms with Gasteiger partial charge >= 0.3 is 23.9 Å². The molecule has 0 amide bonds. The summed E-state index contributed by atoms with van der Waals surface area (Å²) in [4.78, 5) is 58.5. The zero-order valence-corrected chi connectivity index (χ0v) is 46.9. The van der Waals surface area contributed by atoms with Gasteiger partial charge in [-0.1, -0.05) is 123 Å². The second kappa shape index (κ2) is 25.1. The summed E-state index contributed by atoms with van der Waals surface area (Å²) in [6, 6.07) is 11.5. The van der Waals surface area contributed by atoms with Crippen LogP contribution in [0.25, 0.3) is 11.1 Å². The maximum atomic E-state index is 14.8. The van der Waals surface area contributed by atoms with Crippen LogP contribution in [0.2, 0.25) is 0 Å². The molecule has 0 aromatic heterocycles. The SMILES string of the molecule is CC(C)C1CC(OC(=O)c2ccc(-c3ccc(C(=O)OC4CC(C(C)C)NC(C(C)C)C4)c(C(=O)OC4CC(C(C)C)NC(C(C)C)C4)c3)cc2C(=O)OC2CC(C(C)C)NC(C(C)C)C2)CC(C(C)C)N1. The normalized spacial score (nSPS) is 29.4. The number of hydrogen-bond donors (Lipinski definition) is 4. The smallest absolute Gasteiger partial charge is 0.339 e. The van der Waals surface area contributed by atoms with Crippen molar-refractivity contribution in [3.05, 3.63) is 58.7 Å². The molecule has 0 aliphatic carbocycles. The first-order chi connectivity index (χ1) is 33.9. The summed E-state index contributed by atoms with van der Waals surface area (Å²) in [5.41, 5.74) is 1.59. The molecule has 4 aliphatic rings. The van der Waals surface area contributed by atoms with Crippen LogP contribution in [0.4, 0.5) is 0 Å². The molecule has 12 nitrogen and oxygen atoms in total. The monoisotopic (exact) mass is 999 g/mol. The first kappa shape index (κ1) is 57.4. The van der Waals surface area contributed by atoms with Crippen molar-refractivity contribution in [1.82, 2.24) is 21.3 Å². The summed E-state index contributed by atoms with van der Waals surface area (Å²) in [6.45, 7) is 34.8. The van der Waals surface area contributed by atoms with Gasteiger partial charge in [0.1, 0.15) is 24.4 Å². The second-order valence-corrected chi connectivity index (χ2v) is 25.0. The Hall–Kier alpha value is -3.84. The Kier molecular flexibility index (Phi) is 20.0. The Balaban J connectivity index is 1.39.